The summed E-state index contributed by atoms with van der Waals surface area (Å²) in [7, 11) is -2.55. The van der Waals surface area contributed by atoms with Crippen molar-refractivity contribution in [2.24, 2.45) is 0 Å². The van der Waals surface area contributed by atoms with Crippen LogP contribution >= 0.6 is 11.3 Å². The van der Waals surface area contributed by atoms with Crippen molar-refractivity contribution in [3.05, 3.63) is 18.4 Å². The molecule has 0 fully saturated rings. The van der Waals surface area contributed by atoms with Gasteiger partial charge in [-0.05, 0) is 33.3 Å². The van der Waals surface area contributed by atoms with Crippen LogP contribution in [0.3, 0.4) is 0 Å². The van der Waals surface area contributed by atoms with Gasteiger partial charge in [-0.25, -0.2) is 9.10 Å². The van der Waals surface area contributed by atoms with Gasteiger partial charge in [0.05, 0.1) is 6.26 Å². The number of furan rings is 1. The number of urea groups is 1. The maximum atomic E-state index is 12.9. The molecule has 9 nitrogen and oxygen atoms in total. The average Bonchev–Trinajstić information content (AvgIpc) is 3.31. The molecule has 0 aliphatic heterocycles. The number of sulfonamides is 1. The largest absolute Gasteiger partial charge is 0.448 e. The Hall–Kier alpha value is -2.14. The SMILES string of the molecule is CCCN(C(=O)N(CC)c1nnc(S(=O)(=O)N(C)c2ccco2)s1)C(C)C. The van der Waals surface area contributed by atoms with E-state index in [9.17, 15) is 13.2 Å². The second-order valence-corrected chi connectivity index (χ2v) is 9.19. The Kier molecular flexibility index (Phi) is 6.82. The Bertz CT molecular complexity index is 848. The highest BCUT2D eigenvalue weighted by Gasteiger charge is 2.31. The second kappa shape index (κ2) is 8.70. The van der Waals surface area contributed by atoms with E-state index in [-0.39, 0.29) is 27.4 Å². The van der Waals surface area contributed by atoms with Crippen LogP contribution in [-0.2, 0) is 10.0 Å². The molecule has 0 saturated carbocycles. The summed E-state index contributed by atoms with van der Waals surface area (Å²) in [6, 6.07) is 2.94. The van der Waals surface area contributed by atoms with Gasteiger partial charge < -0.3 is 9.32 Å². The summed E-state index contributed by atoms with van der Waals surface area (Å²) in [4.78, 5) is 16.1. The van der Waals surface area contributed by atoms with E-state index < -0.39 is 10.0 Å². The Labute approximate surface area is 163 Å². The van der Waals surface area contributed by atoms with E-state index in [1.807, 2.05) is 27.7 Å². The minimum atomic E-state index is -3.92. The standard InChI is InChI=1S/C16H25N5O4S2/c1-6-10-21(12(3)4)16(22)20(7-2)14-17-18-15(26-14)27(23,24)19(5)13-9-8-11-25-13/h8-9,11-12H,6-7,10H2,1-5H3. The van der Waals surface area contributed by atoms with Crippen molar-refractivity contribution in [2.75, 3.05) is 29.3 Å². The van der Waals surface area contributed by atoms with Crippen molar-refractivity contribution in [3.8, 4) is 0 Å². The lowest BCUT2D eigenvalue weighted by Crippen LogP contribution is -2.47. The lowest BCUT2D eigenvalue weighted by molar-refractivity contribution is 0.190. The molecular formula is C16H25N5O4S2. The molecule has 2 rings (SSSR count). The molecule has 0 spiro atoms. The molecule has 27 heavy (non-hydrogen) atoms. The number of amides is 2. The number of carbonyl (C=O) groups is 1. The van der Waals surface area contributed by atoms with Gasteiger partial charge in [-0.15, -0.1) is 10.2 Å². The maximum Gasteiger partial charge on any atom is 0.326 e. The topological polar surface area (TPSA) is 99.8 Å². The molecule has 11 heteroatoms. The third kappa shape index (κ3) is 4.41. The van der Waals surface area contributed by atoms with Crippen molar-refractivity contribution >= 4 is 38.4 Å². The number of rotatable bonds is 8. The fourth-order valence-electron chi connectivity index (χ4n) is 2.42. The smallest absolute Gasteiger partial charge is 0.326 e. The molecule has 2 heterocycles. The van der Waals surface area contributed by atoms with E-state index in [0.717, 1.165) is 22.1 Å². The molecule has 2 amide bonds. The third-order valence-corrected chi connectivity index (χ3v) is 6.95. The van der Waals surface area contributed by atoms with Crippen molar-refractivity contribution < 1.29 is 17.6 Å². The molecule has 2 aromatic heterocycles. The Balaban J connectivity index is 2.30. The quantitative estimate of drug-likeness (QED) is 0.615. The van der Waals surface area contributed by atoms with Crippen LogP contribution in [0.15, 0.2) is 27.2 Å². The van der Waals surface area contributed by atoms with Crippen LogP contribution in [-0.4, -0.2) is 55.7 Å². The van der Waals surface area contributed by atoms with Gasteiger partial charge in [-0.2, -0.15) is 8.42 Å². The number of nitrogens with zero attached hydrogens (tertiary/aromatic N) is 5. The number of anilines is 2. The first-order chi connectivity index (χ1) is 12.7. The summed E-state index contributed by atoms with van der Waals surface area (Å²) in [6.45, 7) is 8.66. The second-order valence-electron chi connectivity index (χ2n) is 6.09. The molecule has 0 radical (unpaired) electrons. The highest BCUT2D eigenvalue weighted by atomic mass is 32.2. The van der Waals surface area contributed by atoms with Crippen molar-refractivity contribution in [1.82, 2.24) is 15.1 Å². The molecule has 0 N–H and O–H groups in total. The molecule has 0 atom stereocenters. The molecule has 2 aromatic rings. The monoisotopic (exact) mass is 415 g/mol. The number of carbonyl (C=O) groups excluding carboxylic acids is 1. The molecule has 0 saturated heterocycles. The fraction of sp³-hybridized carbons (Fsp3) is 0.562. The highest BCUT2D eigenvalue weighted by Crippen LogP contribution is 2.29. The molecule has 0 unspecified atom stereocenters. The van der Waals surface area contributed by atoms with Crippen LogP contribution < -0.4 is 9.21 Å². The van der Waals surface area contributed by atoms with Crippen LogP contribution in [0.4, 0.5) is 15.8 Å². The van der Waals surface area contributed by atoms with Crippen molar-refractivity contribution in [2.45, 2.75) is 44.5 Å². The zero-order valence-electron chi connectivity index (χ0n) is 16.1. The van der Waals surface area contributed by atoms with E-state index in [1.54, 1.807) is 11.0 Å². The van der Waals surface area contributed by atoms with Gasteiger partial charge >= 0.3 is 6.03 Å². The summed E-state index contributed by atoms with van der Waals surface area (Å²) in [5.41, 5.74) is 0. The van der Waals surface area contributed by atoms with Gasteiger partial charge in [-0.1, -0.05) is 18.3 Å². The molecular weight excluding hydrogens is 390 g/mol. The van der Waals surface area contributed by atoms with Crippen LogP contribution in [0.25, 0.3) is 0 Å². The predicted octanol–water partition coefficient (Wildman–Crippen LogP) is 3.02. The Morgan fingerprint density at radius 3 is 2.52 bits per heavy atom. The Morgan fingerprint density at radius 2 is 2.00 bits per heavy atom. The molecule has 0 aliphatic rings. The Morgan fingerprint density at radius 1 is 1.30 bits per heavy atom. The first-order valence-electron chi connectivity index (χ1n) is 8.68. The molecule has 150 valence electrons. The van der Waals surface area contributed by atoms with Gasteiger partial charge in [0.2, 0.25) is 11.0 Å². The van der Waals surface area contributed by atoms with Gasteiger partial charge in [0.25, 0.3) is 14.4 Å². The number of hydrogen-bond donors (Lipinski definition) is 0. The average molecular weight is 416 g/mol. The van der Waals surface area contributed by atoms with Gasteiger partial charge in [0, 0.05) is 32.2 Å². The molecule has 0 aromatic carbocycles. The van der Waals surface area contributed by atoms with Crippen LogP contribution in [0.2, 0.25) is 0 Å². The summed E-state index contributed by atoms with van der Waals surface area (Å²) in [5.74, 6) is 0.170. The van der Waals surface area contributed by atoms with Crippen molar-refractivity contribution in [3.63, 3.8) is 0 Å². The van der Waals surface area contributed by atoms with Gasteiger partial charge in [-0.3, -0.25) is 4.90 Å². The van der Waals surface area contributed by atoms with Gasteiger partial charge in [0.1, 0.15) is 0 Å². The van der Waals surface area contributed by atoms with E-state index in [4.69, 9.17) is 4.42 Å². The van der Waals surface area contributed by atoms with Crippen molar-refractivity contribution in [1.29, 1.82) is 0 Å². The van der Waals surface area contributed by atoms with E-state index in [2.05, 4.69) is 10.2 Å². The van der Waals surface area contributed by atoms with E-state index in [0.29, 0.717) is 13.1 Å². The normalized spacial score (nSPS) is 11.6. The lowest BCUT2D eigenvalue weighted by Gasteiger charge is -2.31. The number of aromatic nitrogens is 2. The van der Waals surface area contributed by atoms with E-state index in [1.165, 1.54) is 24.3 Å². The lowest BCUT2D eigenvalue weighted by atomic mass is 10.3. The predicted molar refractivity (Wildman–Crippen MR) is 105 cm³/mol. The zero-order chi connectivity index (χ0) is 20.2. The highest BCUT2D eigenvalue weighted by molar-refractivity contribution is 7.94. The van der Waals surface area contributed by atoms with Crippen LogP contribution in [0, 0.1) is 0 Å². The van der Waals surface area contributed by atoms with Crippen LogP contribution in [0.5, 0.6) is 0 Å². The minimum Gasteiger partial charge on any atom is -0.448 e. The summed E-state index contributed by atoms with van der Waals surface area (Å²) < 4.78 is 31.4. The third-order valence-electron chi connectivity index (χ3n) is 3.91. The number of hydrogen-bond acceptors (Lipinski definition) is 7. The zero-order valence-corrected chi connectivity index (χ0v) is 17.7. The fourth-order valence-corrected chi connectivity index (χ4v) is 4.76. The first-order valence-corrected chi connectivity index (χ1v) is 10.9. The van der Waals surface area contributed by atoms with E-state index >= 15 is 0 Å². The van der Waals surface area contributed by atoms with Gasteiger partial charge in [0.15, 0.2) is 0 Å². The summed E-state index contributed by atoms with van der Waals surface area (Å²) in [5, 5.41) is 8.00. The molecule has 0 aliphatic carbocycles. The maximum absolute atomic E-state index is 12.9. The minimum absolute atomic E-state index is 0.0210. The first kappa shape index (κ1) is 21.2. The molecule has 0 bridgehead atoms. The summed E-state index contributed by atoms with van der Waals surface area (Å²) >= 11 is 0.859. The summed E-state index contributed by atoms with van der Waals surface area (Å²) in [6.07, 6.45) is 2.21. The van der Waals surface area contributed by atoms with Crippen LogP contribution in [0.1, 0.15) is 34.1 Å².